The molecule has 0 saturated carbocycles. The minimum absolute atomic E-state index is 0.125. The van der Waals surface area contributed by atoms with Gasteiger partial charge in [0.2, 0.25) is 5.91 Å². The Kier molecular flexibility index (Phi) is 2.63. The fourth-order valence-electron chi connectivity index (χ4n) is 1.77. The van der Waals surface area contributed by atoms with E-state index in [0.29, 0.717) is 5.70 Å². The van der Waals surface area contributed by atoms with Crippen LogP contribution in [0.5, 0.6) is 0 Å². The van der Waals surface area contributed by atoms with Crippen LogP contribution in [0, 0.1) is 16.7 Å². The Balaban J connectivity index is 2.56. The second-order valence-corrected chi connectivity index (χ2v) is 3.65. The van der Waals surface area contributed by atoms with Gasteiger partial charge in [-0.25, -0.2) is 0 Å². The molecule has 1 aromatic carbocycles. The average molecular weight is 226 g/mol. The molecule has 2 rings (SSSR count). The van der Waals surface area contributed by atoms with E-state index in [-0.39, 0.29) is 17.8 Å². The molecule has 0 bridgehead atoms. The second kappa shape index (κ2) is 4.10. The third-order valence-electron chi connectivity index (χ3n) is 2.50. The van der Waals surface area contributed by atoms with Gasteiger partial charge in [-0.15, -0.1) is 0 Å². The Labute approximate surface area is 98.1 Å². The number of amidine groups is 1. The van der Waals surface area contributed by atoms with Crippen LogP contribution in [0.15, 0.2) is 29.8 Å². The van der Waals surface area contributed by atoms with E-state index in [4.69, 9.17) is 16.4 Å². The number of nitrogens with two attached hydrogens (primary N) is 1. The van der Waals surface area contributed by atoms with E-state index in [0.717, 1.165) is 11.1 Å². The number of primary amides is 1. The Morgan fingerprint density at radius 3 is 2.65 bits per heavy atom. The van der Waals surface area contributed by atoms with Crippen molar-refractivity contribution in [2.45, 2.75) is 6.42 Å². The first kappa shape index (κ1) is 10.9. The predicted molar refractivity (Wildman–Crippen MR) is 62.8 cm³/mol. The van der Waals surface area contributed by atoms with Gasteiger partial charge in [-0.05, 0) is 0 Å². The van der Waals surface area contributed by atoms with Crippen LogP contribution in [-0.2, 0) is 4.79 Å². The van der Waals surface area contributed by atoms with Crippen molar-refractivity contribution in [3.8, 4) is 6.07 Å². The summed E-state index contributed by atoms with van der Waals surface area (Å²) in [5, 5.41) is 19.6. The maximum atomic E-state index is 10.9. The van der Waals surface area contributed by atoms with Gasteiger partial charge >= 0.3 is 0 Å². The van der Waals surface area contributed by atoms with E-state index >= 15 is 0 Å². The summed E-state index contributed by atoms with van der Waals surface area (Å²) in [5.74, 6) is -0.334. The smallest absolute Gasteiger partial charge is 0.222 e. The van der Waals surface area contributed by atoms with E-state index in [1.165, 1.54) is 0 Å². The second-order valence-electron chi connectivity index (χ2n) is 3.65. The molecule has 1 amide bonds. The third kappa shape index (κ3) is 1.88. The highest BCUT2D eigenvalue weighted by Crippen LogP contribution is 2.27. The van der Waals surface area contributed by atoms with Crippen LogP contribution in [-0.4, -0.2) is 11.7 Å². The molecule has 0 aliphatic carbocycles. The lowest BCUT2D eigenvalue weighted by Gasteiger charge is -2.03. The number of rotatable bonds is 2. The first-order valence-electron chi connectivity index (χ1n) is 5.00. The van der Waals surface area contributed by atoms with Crippen molar-refractivity contribution in [2.24, 2.45) is 5.73 Å². The predicted octanol–water partition coefficient (Wildman–Crippen LogP) is 0.725. The molecular weight excluding hydrogens is 216 g/mol. The summed E-state index contributed by atoms with van der Waals surface area (Å²) in [4.78, 5) is 10.9. The van der Waals surface area contributed by atoms with Crippen LogP contribution >= 0.6 is 0 Å². The molecule has 1 aromatic rings. The third-order valence-corrected chi connectivity index (χ3v) is 2.50. The molecule has 4 N–H and O–H groups in total. The molecule has 0 aromatic heterocycles. The lowest BCUT2D eigenvalue weighted by Crippen LogP contribution is -2.16. The molecule has 1 aliphatic heterocycles. The molecule has 0 unspecified atom stereocenters. The SMILES string of the molecule is N#C/C(CC(N)=O)=C1/NC(=N)c2ccccc21. The highest BCUT2D eigenvalue weighted by molar-refractivity contribution is 6.11. The van der Waals surface area contributed by atoms with E-state index in [2.05, 4.69) is 5.32 Å². The number of fused-ring (bicyclic) bond motifs is 1. The number of hydrogen-bond acceptors (Lipinski definition) is 3. The van der Waals surface area contributed by atoms with Gasteiger partial charge in [0.05, 0.1) is 23.8 Å². The Bertz CT molecular complexity index is 580. The summed E-state index contributed by atoms with van der Waals surface area (Å²) in [6.07, 6.45) is -0.125. The highest BCUT2D eigenvalue weighted by Gasteiger charge is 2.23. The van der Waals surface area contributed by atoms with Gasteiger partial charge in [-0.3, -0.25) is 10.2 Å². The first-order chi connectivity index (χ1) is 8.13. The molecule has 0 saturated heterocycles. The monoisotopic (exact) mass is 226 g/mol. The zero-order valence-corrected chi connectivity index (χ0v) is 8.95. The van der Waals surface area contributed by atoms with Crippen LogP contribution in [0.1, 0.15) is 17.5 Å². The van der Waals surface area contributed by atoms with Crippen molar-refractivity contribution >= 4 is 17.4 Å². The van der Waals surface area contributed by atoms with Crippen LogP contribution < -0.4 is 11.1 Å². The van der Waals surface area contributed by atoms with Crippen molar-refractivity contribution in [1.29, 1.82) is 10.7 Å². The maximum absolute atomic E-state index is 10.9. The van der Waals surface area contributed by atoms with Gasteiger partial charge in [0.1, 0.15) is 5.84 Å². The number of hydrogen-bond donors (Lipinski definition) is 3. The molecule has 1 heterocycles. The Morgan fingerprint density at radius 2 is 2.06 bits per heavy atom. The number of benzene rings is 1. The molecule has 0 spiro atoms. The fraction of sp³-hybridized carbons (Fsp3) is 0.0833. The average Bonchev–Trinajstić information content (AvgIpc) is 2.64. The van der Waals surface area contributed by atoms with Crippen molar-refractivity contribution in [1.82, 2.24) is 5.32 Å². The van der Waals surface area contributed by atoms with Crippen molar-refractivity contribution in [3.63, 3.8) is 0 Å². The molecule has 5 nitrogen and oxygen atoms in total. The largest absolute Gasteiger partial charge is 0.369 e. The van der Waals surface area contributed by atoms with Gasteiger partial charge < -0.3 is 11.1 Å². The number of carbonyl (C=O) groups excluding carboxylic acids is 1. The Hall–Kier alpha value is -2.61. The van der Waals surface area contributed by atoms with E-state index in [1.54, 1.807) is 12.1 Å². The highest BCUT2D eigenvalue weighted by atomic mass is 16.1. The van der Waals surface area contributed by atoms with E-state index in [9.17, 15) is 4.79 Å². The fourth-order valence-corrected chi connectivity index (χ4v) is 1.77. The summed E-state index contributed by atoms with van der Waals surface area (Å²) in [5.41, 5.74) is 7.33. The van der Waals surface area contributed by atoms with Gasteiger partial charge in [0.25, 0.3) is 0 Å². The zero-order chi connectivity index (χ0) is 12.4. The molecule has 0 fully saturated rings. The van der Waals surface area contributed by atoms with Crippen LogP contribution in [0.3, 0.4) is 0 Å². The number of nitrogens with zero attached hydrogens (tertiary/aromatic N) is 1. The number of nitrogens with one attached hydrogen (secondary N) is 2. The summed E-state index contributed by atoms with van der Waals surface area (Å²) in [7, 11) is 0. The van der Waals surface area contributed by atoms with Gasteiger partial charge in [-0.2, -0.15) is 5.26 Å². The van der Waals surface area contributed by atoms with Crippen molar-refractivity contribution < 1.29 is 4.79 Å². The topological polar surface area (TPSA) is 103 Å². The molecule has 1 aliphatic rings. The van der Waals surface area contributed by atoms with Crippen LogP contribution in [0.4, 0.5) is 0 Å². The molecule has 84 valence electrons. The molecule has 5 heteroatoms. The summed E-state index contributed by atoms with van der Waals surface area (Å²) >= 11 is 0. The van der Waals surface area contributed by atoms with Crippen molar-refractivity contribution in [2.75, 3.05) is 0 Å². The summed E-state index contributed by atoms with van der Waals surface area (Å²) in [6.45, 7) is 0. The molecule has 17 heavy (non-hydrogen) atoms. The number of amides is 1. The zero-order valence-electron chi connectivity index (χ0n) is 8.95. The number of nitriles is 1. The van der Waals surface area contributed by atoms with Crippen molar-refractivity contribution in [3.05, 3.63) is 41.0 Å². The van der Waals surface area contributed by atoms with E-state index in [1.807, 2.05) is 18.2 Å². The Morgan fingerprint density at radius 1 is 1.41 bits per heavy atom. The van der Waals surface area contributed by atoms with Crippen LogP contribution in [0.25, 0.3) is 5.70 Å². The molecule has 0 radical (unpaired) electrons. The quantitative estimate of drug-likeness (QED) is 0.647. The normalized spacial score (nSPS) is 15.8. The molecule has 0 atom stereocenters. The number of carbonyl (C=O) groups is 1. The minimum atomic E-state index is -0.563. The lowest BCUT2D eigenvalue weighted by atomic mass is 10.0. The molecular formula is C12H10N4O. The minimum Gasteiger partial charge on any atom is -0.369 e. The van der Waals surface area contributed by atoms with E-state index < -0.39 is 5.91 Å². The van der Waals surface area contributed by atoms with Crippen LogP contribution in [0.2, 0.25) is 0 Å². The lowest BCUT2D eigenvalue weighted by molar-refractivity contribution is -0.117. The maximum Gasteiger partial charge on any atom is 0.222 e. The summed E-state index contributed by atoms with van der Waals surface area (Å²) < 4.78 is 0. The standard InChI is InChI=1S/C12H10N4O/c13-6-7(5-10(14)17)11-8-3-1-2-4-9(8)12(15)16-11/h1-4H,5H2,(H2,14,17)(H2,15,16)/b11-7+. The van der Waals surface area contributed by atoms with Gasteiger partial charge in [0.15, 0.2) is 0 Å². The van der Waals surface area contributed by atoms with Gasteiger partial charge in [-0.1, -0.05) is 24.3 Å². The first-order valence-corrected chi connectivity index (χ1v) is 5.00. The summed E-state index contributed by atoms with van der Waals surface area (Å²) in [6, 6.07) is 9.18. The van der Waals surface area contributed by atoms with Gasteiger partial charge in [0, 0.05) is 11.1 Å².